The molecule has 1 unspecified atom stereocenters. The van der Waals surface area contributed by atoms with Crippen LogP contribution in [0.5, 0.6) is 0 Å². The molecule has 5 nitrogen and oxygen atoms in total. The maximum absolute atomic E-state index is 11.4. The summed E-state index contributed by atoms with van der Waals surface area (Å²) in [6.45, 7) is 7.05. The first kappa shape index (κ1) is 14.0. The minimum atomic E-state index is -0.814. The monoisotopic (exact) mass is 242 g/mol. The lowest BCUT2D eigenvalue weighted by Gasteiger charge is -2.31. The molecule has 0 spiro atoms. The summed E-state index contributed by atoms with van der Waals surface area (Å²) in [7, 11) is 0. The minimum absolute atomic E-state index is 0.0416. The Morgan fingerprint density at radius 3 is 2.59 bits per heavy atom. The molecule has 1 rings (SSSR count). The highest BCUT2D eigenvalue weighted by molar-refractivity contribution is 5.74. The summed E-state index contributed by atoms with van der Waals surface area (Å²) in [5, 5.41) is 8.86. The van der Waals surface area contributed by atoms with Crippen LogP contribution in [0.3, 0.4) is 0 Å². The van der Waals surface area contributed by atoms with Gasteiger partial charge in [-0.05, 0) is 26.7 Å². The van der Waals surface area contributed by atoms with Gasteiger partial charge < -0.3 is 10.0 Å². The highest BCUT2D eigenvalue weighted by Gasteiger charge is 2.29. The highest BCUT2D eigenvalue weighted by atomic mass is 16.4. The van der Waals surface area contributed by atoms with Gasteiger partial charge in [0, 0.05) is 32.1 Å². The Morgan fingerprint density at radius 1 is 1.47 bits per heavy atom. The molecule has 0 aromatic carbocycles. The van der Waals surface area contributed by atoms with Crippen molar-refractivity contribution < 1.29 is 14.7 Å². The van der Waals surface area contributed by atoms with Crippen LogP contribution in [0.2, 0.25) is 0 Å². The van der Waals surface area contributed by atoms with Gasteiger partial charge in [0.1, 0.15) is 0 Å². The van der Waals surface area contributed by atoms with Gasteiger partial charge >= 0.3 is 5.97 Å². The molecule has 98 valence electrons. The number of amides is 1. The second-order valence-electron chi connectivity index (χ2n) is 4.93. The normalized spacial score (nSPS) is 20.3. The van der Waals surface area contributed by atoms with Gasteiger partial charge in [0.2, 0.25) is 5.91 Å². The quantitative estimate of drug-likeness (QED) is 0.774. The summed E-state index contributed by atoms with van der Waals surface area (Å²) < 4.78 is 0. The molecule has 1 fully saturated rings. The second-order valence-corrected chi connectivity index (χ2v) is 4.93. The van der Waals surface area contributed by atoms with Crippen LogP contribution in [0.1, 0.15) is 33.6 Å². The predicted molar refractivity (Wildman–Crippen MR) is 64.8 cm³/mol. The number of nitrogens with zero attached hydrogens (tertiary/aromatic N) is 2. The number of hydrogen-bond donors (Lipinski definition) is 1. The molecule has 1 heterocycles. The van der Waals surface area contributed by atoms with E-state index in [0.717, 1.165) is 19.4 Å². The van der Waals surface area contributed by atoms with Crippen molar-refractivity contribution in [2.45, 2.75) is 45.7 Å². The van der Waals surface area contributed by atoms with Crippen LogP contribution in [0, 0.1) is 0 Å². The number of rotatable bonds is 5. The van der Waals surface area contributed by atoms with Crippen molar-refractivity contribution in [2.75, 3.05) is 19.6 Å². The topological polar surface area (TPSA) is 60.9 Å². The molecule has 0 bridgehead atoms. The molecule has 0 saturated carbocycles. The molecule has 1 aliphatic rings. The van der Waals surface area contributed by atoms with Crippen molar-refractivity contribution in [1.29, 1.82) is 0 Å². The number of carboxylic acid groups (broad SMARTS) is 1. The first-order valence-corrected chi connectivity index (χ1v) is 6.15. The van der Waals surface area contributed by atoms with E-state index >= 15 is 0 Å². The van der Waals surface area contributed by atoms with E-state index in [-0.39, 0.29) is 24.5 Å². The predicted octanol–water partition coefficient (Wildman–Crippen LogP) is 0.792. The van der Waals surface area contributed by atoms with Crippen LogP contribution in [0.25, 0.3) is 0 Å². The summed E-state index contributed by atoms with van der Waals surface area (Å²) in [5.41, 5.74) is 0. The molecule has 0 radical (unpaired) electrons. The fourth-order valence-corrected chi connectivity index (χ4v) is 2.34. The lowest BCUT2D eigenvalue weighted by Crippen LogP contribution is -2.46. The summed E-state index contributed by atoms with van der Waals surface area (Å²) >= 11 is 0. The van der Waals surface area contributed by atoms with Gasteiger partial charge in [-0.1, -0.05) is 0 Å². The van der Waals surface area contributed by atoms with Gasteiger partial charge in [0.25, 0.3) is 0 Å². The Morgan fingerprint density at radius 2 is 2.12 bits per heavy atom. The fraction of sp³-hybridized carbons (Fsp3) is 0.833. The van der Waals surface area contributed by atoms with Crippen molar-refractivity contribution in [2.24, 2.45) is 0 Å². The highest BCUT2D eigenvalue weighted by Crippen LogP contribution is 2.19. The van der Waals surface area contributed by atoms with Crippen molar-refractivity contribution in [3.8, 4) is 0 Å². The Bertz CT molecular complexity index is 291. The van der Waals surface area contributed by atoms with E-state index in [9.17, 15) is 9.59 Å². The summed E-state index contributed by atoms with van der Waals surface area (Å²) in [6.07, 6.45) is 1.99. The molecule has 1 amide bonds. The molecule has 0 aliphatic carbocycles. The molecule has 5 heteroatoms. The average Bonchev–Trinajstić information content (AvgIpc) is 2.63. The third-order valence-corrected chi connectivity index (χ3v) is 3.30. The van der Waals surface area contributed by atoms with Crippen molar-refractivity contribution in [3.63, 3.8) is 0 Å². The molecular weight excluding hydrogens is 220 g/mol. The standard InChI is InChI=1S/C12H22N2O3/c1-9(2)13(8-12(16)17)7-11-5-4-6-14(11)10(3)15/h9,11H,4-8H2,1-3H3,(H,16,17). The van der Waals surface area contributed by atoms with Gasteiger partial charge in [0.15, 0.2) is 0 Å². The van der Waals surface area contributed by atoms with Crippen LogP contribution in [0.15, 0.2) is 0 Å². The van der Waals surface area contributed by atoms with Crippen LogP contribution in [-0.2, 0) is 9.59 Å². The number of aliphatic carboxylic acids is 1. The fourth-order valence-electron chi connectivity index (χ4n) is 2.34. The maximum Gasteiger partial charge on any atom is 0.317 e. The van der Waals surface area contributed by atoms with E-state index in [1.807, 2.05) is 23.6 Å². The number of carbonyl (C=O) groups is 2. The Hall–Kier alpha value is -1.10. The zero-order valence-electron chi connectivity index (χ0n) is 10.8. The van der Waals surface area contributed by atoms with E-state index in [0.29, 0.717) is 6.54 Å². The SMILES string of the molecule is CC(=O)N1CCCC1CN(CC(=O)O)C(C)C. The minimum Gasteiger partial charge on any atom is -0.480 e. The lowest BCUT2D eigenvalue weighted by molar-refractivity contribution is -0.139. The smallest absolute Gasteiger partial charge is 0.317 e. The first-order chi connectivity index (χ1) is 7.91. The Labute approximate surface area is 102 Å². The summed E-state index contributed by atoms with van der Waals surface area (Å²) in [5.74, 6) is -0.724. The van der Waals surface area contributed by atoms with Crippen molar-refractivity contribution in [3.05, 3.63) is 0 Å². The van der Waals surface area contributed by atoms with E-state index in [2.05, 4.69) is 0 Å². The van der Waals surface area contributed by atoms with Gasteiger partial charge in [-0.25, -0.2) is 0 Å². The van der Waals surface area contributed by atoms with E-state index in [1.165, 1.54) is 0 Å². The largest absolute Gasteiger partial charge is 0.480 e. The summed E-state index contributed by atoms with van der Waals surface area (Å²) in [4.78, 5) is 26.0. The lowest BCUT2D eigenvalue weighted by atomic mass is 10.2. The maximum atomic E-state index is 11.4. The average molecular weight is 242 g/mol. The van der Waals surface area contributed by atoms with Gasteiger partial charge in [-0.15, -0.1) is 0 Å². The van der Waals surface area contributed by atoms with Crippen molar-refractivity contribution in [1.82, 2.24) is 9.80 Å². The first-order valence-electron chi connectivity index (χ1n) is 6.15. The van der Waals surface area contributed by atoms with Gasteiger partial charge in [-0.3, -0.25) is 14.5 Å². The van der Waals surface area contributed by atoms with Crippen molar-refractivity contribution >= 4 is 11.9 Å². The van der Waals surface area contributed by atoms with Crippen LogP contribution < -0.4 is 0 Å². The molecule has 1 atom stereocenters. The number of carbonyl (C=O) groups excluding carboxylic acids is 1. The van der Waals surface area contributed by atoms with E-state index in [4.69, 9.17) is 5.11 Å². The zero-order valence-corrected chi connectivity index (χ0v) is 10.8. The third-order valence-electron chi connectivity index (χ3n) is 3.30. The molecule has 0 aromatic heterocycles. The Kier molecular flexibility index (Phi) is 4.93. The zero-order chi connectivity index (χ0) is 13.0. The molecule has 1 N–H and O–H groups in total. The second kappa shape index (κ2) is 6.00. The van der Waals surface area contributed by atoms with Gasteiger partial charge in [0.05, 0.1) is 6.54 Å². The molecule has 17 heavy (non-hydrogen) atoms. The van der Waals surface area contributed by atoms with E-state index in [1.54, 1.807) is 6.92 Å². The number of hydrogen-bond acceptors (Lipinski definition) is 3. The molecular formula is C12H22N2O3. The summed E-state index contributed by atoms with van der Waals surface area (Å²) in [6, 6.07) is 0.356. The Balaban J connectivity index is 2.59. The molecule has 1 aliphatic heterocycles. The third kappa shape index (κ3) is 4.00. The molecule has 0 aromatic rings. The van der Waals surface area contributed by atoms with Crippen LogP contribution in [-0.4, -0.2) is 58.5 Å². The van der Waals surface area contributed by atoms with E-state index < -0.39 is 5.97 Å². The van der Waals surface area contributed by atoms with Crippen LogP contribution in [0.4, 0.5) is 0 Å². The van der Waals surface area contributed by atoms with Crippen LogP contribution >= 0.6 is 0 Å². The number of likely N-dealkylation sites (tertiary alicyclic amines) is 1. The molecule has 1 saturated heterocycles. The van der Waals surface area contributed by atoms with Gasteiger partial charge in [-0.2, -0.15) is 0 Å². The number of carboxylic acids is 1.